The van der Waals surface area contributed by atoms with Crippen molar-refractivity contribution in [3.8, 4) is 5.75 Å². The SMILES string of the molecule is NC(=O)COc1ccc2[nH]c(=O)[nH]c(=O)c2c1. The fourth-order valence-corrected chi connectivity index (χ4v) is 1.39. The first-order chi connectivity index (χ1) is 8.06. The van der Waals surface area contributed by atoms with Crippen LogP contribution in [0.2, 0.25) is 0 Å². The van der Waals surface area contributed by atoms with Crippen molar-refractivity contribution in [1.29, 1.82) is 0 Å². The minimum Gasteiger partial charge on any atom is -0.484 e. The Morgan fingerprint density at radius 1 is 1.29 bits per heavy atom. The average Bonchev–Trinajstić information content (AvgIpc) is 2.26. The summed E-state index contributed by atoms with van der Waals surface area (Å²) < 4.78 is 5.04. The molecule has 4 N–H and O–H groups in total. The van der Waals surface area contributed by atoms with Crippen LogP contribution < -0.4 is 21.7 Å². The smallest absolute Gasteiger partial charge is 0.326 e. The molecule has 0 spiro atoms. The van der Waals surface area contributed by atoms with Gasteiger partial charge in [0.25, 0.3) is 11.5 Å². The molecule has 0 saturated carbocycles. The standard InChI is InChI=1S/C10H9N3O4/c11-8(14)4-17-5-1-2-7-6(3-5)9(15)13-10(16)12-7/h1-3H,4H2,(H2,11,14)(H2,12,13,15,16). The van der Waals surface area contributed by atoms with E-state index in [4.69, 9.17) is 10.5 Å². The molecule has 0 unspecified atom stereocenters. The summed E-state index contributed by atoms with van der Waals surface area (Å²) in [5.41, 5.74) is 4.22. The lowest BCUT2D eigenvalue weighted by Crippen LogP contribution is -2.22. The van der Waals surface area contributed by atoms with Crippen LogP contribution in [-0.4, -0.2) is 22.5 Å². The zero-order valence-corrected chi connectivity index (χ0v) is 8.65. The quantitative estimate of drug-likeness (QED) is 0.637. The zero-order chi connectivity index (χ0) is 12.4. The molecule has 0 saturated heterocycles. The second kappa shape index (κ2) is 4.12. The fourth-order valence-electron chi connectivity index (χ4n) is 1.39. The van der Waals surface area contributed by atoms with Crippen LogP contribution >= 0.6 is 0 Å². The summed E-state index contributed by atoms with van der Waals surface area (Å²) in [6.07, 6.45) is 0. The number of nitrogens with two attached hydrogens (primary N) is 1. The van der Waals surface area contributed by atoms with Crippen LogP contribution in [0.4, 0.5) is 0 Å². The number of H-pyrrole nitrogens is 2. The van der Waals surface area contributed by atoms with E-state index in [0.29, 0.717) is 11.3 Å². The van der Waals surface area contributed by atoms with E-state index in [9.17, 15) is 14.4 Å². The molecule has 0 bridgehead atoms. The van der Waals surface area contributed by atoms with Crippen LogP contribution in [0.15, 0.2) is 27.8 Å². The summed E-state index contributed by atoms with van der Waals surface area (Å²) in [5, 5.41) is 0.270. The van der Waals surface area contributed by atoms with Crippen molar-refractivity contribution in [3.05, 3.63) is 39.0 Å². The van der Waals surface area contributed by atoms with E-state index in [0.717, 1.165) is 0 Å². The lowest BCUT2D eigenvalue weighted by molar-refractivity contribution is -0.119. The van der Waals surface area contributed by atoms with E-state index in [1.807, 2.05) is 0 Å². The van der Waals surface area contributed by atoms with Crippen molar-refractivity contribution in [2.75, 3.05) is 6.61 Å². The predicted molar refractivity (Wildman–Crippen MR) is 59.9 cm³/mol. The molecule has 7 heteroatoms. The van der Waals surface area contributed by atoms with Gasteiger partial charge in [-0.25, -0.2) is 4.79 Å². The van der Waals surface area contributed by atoms with E-state index < -0.39 is 17.2 Å². The topological polar surface area (TPSA) is 118 Å². The van der Waals surface area contributed by atoms with Crippen molar-refractivity contribution < 1.29 is 9.53 Å². The van der Waals surface area contributed by atoms with Gasteiger partial charge in [-0.15, -0.1) is 0 Å². The molecule has 7 nitrogen and oxygen atoms in total. The van der Waals surface area contributed by atoms with E-state index in [1.54, 1.807) is 0 Å². The summed E-state index contributed by atoms with van der Waals surface area (Å²) in [6, 6.07) is 4.47. The molecule has 0 aliphatic rings. The van der Waals surface area contributed by atoms with Crippen molar-refractivity contribution in [2.45, 2.75) is 0 Å². The van der Waals surface area contributed by atoms with Gasteiger partial charge in [-0.05, 0) is 18.2 Å². The normalized spacial score (nSPS) is 10.4. The third-order valence-electron chi connectivity index (χ3n) is 2.09. The third-order valence-corrected chi connectivity index (χ3v) is 2.09. The van der Waals surface area contributed by atoms with E-state index in [2.05, 4.69) is 9.97 Å². The van der Waals surface area contributed by atoms with Crippen molar-refractivity contribution in [1.82, 2.24) is 9.97 Å². The maximum absolute atomic E-state index is 11.5. The van der Waals surface area contributed by atoms with Gasteiger partial charge in [0, 0.05) is 0 Å². The number of aromatic nitrogens is 2. The van der Waals surface area contributed by atoms with Crippen molar-refractivity contribution in [3.63, 3.8) is 0 Å². The Morgan fingerprint density at radius 3 is 2.76 bits per heavy atom. The number of carbonyl (C=O) groups is 1. The highest BCUT2D eigenvalue weighted by Gasteiger charge is 2.03. The predicted octanol–water partition coefficient (Wildman–Crippen LogP) is -0.919. The molecule has 1 aromatic carbocycles. The molecule has 0 atom stereocenters. The first kappa shape index (κ1) is 10.9. The summed E-state index contributed by atoms with van der Waals surface area (Å²) in [5.74, 6) is -0.283. The third kappa shape index (κ3) is 2.33. The molecule has 17 heavy (non-hydrogen) atoms. The van der Waals surface area contributed by atoms with Crippen LogP contribution in [-0.2, 0) is 4.79 Å². The second-order valence-corrected chi connectivity index (χ2v) is 3.37. The first-order valence-electron chi connectivity index (χ1n) is 4.74. The van der Waals surface area contributed by atoms with Gasteiger partial charge in [-0.1, -0.05) is 0 Å². The summed E-state index contributed by atoms with van der Waals surface area (Å²) in [6.45, 7) is -0.271. The molecule has 88 valence electrons. The van der Waals surface area contributed by atoms with Gasteiger partial charge in [0.05, 0.1) is 10.9 Å². The average molecular weight is 235 g/mol. The molecule has 1 amide bonds. The first-order valence-corrected chi connectivity index (χ1v) is 4.74. The number of amides is 1. The molecule has 0 fully saturated rings. The summed E-state index contributed by atoms with van der Waals surface area (Å²) in [7, 11) is 0. The molecule has 0 aliphatic carbocycles. The number of ether oxygens (including phenoxy) is 1. The highest BCUT2D eigenvalue weighted by Crippen LogP contribution is 2.15. The molecular weight excluding hydrogens is 226 g/mol. The number of hydrogen-bond acceptors (Lipinski definition) is 4. The fraction of sp³-hybridized carbons (Fsp3) is 0.100. The largest absolute Gasteiger partial charge is 0.484 e. The number of hydrogen-bond donors (Lipinski definition) is 3. The minimum absolute atomic E-state index is 0.270. The van der Waals surface area contributed by atoms with Crippen molar-refractivity contribution in [2.24, 2.45) is 5.73 Å². The van der Waals surface area contributed by atoms with Crippen LogP contribution in [0, 0.1) is 0 Å². The molecule has 2 rings (SSSR count). The number of benzene rings is 1. The number of carbonyl (C=O) groups excluding carboxylic acids is 1. The van der Waals surface area contributed by atoms with Crippen LogP contribution in [0.25, 0.3) is 10.9 Å². The number of nitrogens with one attached hydrogen (secondary N) is 2. The molecule has 0 radical (unpaired) electrons. The lowest BCUT2D eigenvalue weighted by Gasteiger charge is -2.04. The molecule has 2 aromatic rings. The van der Waals surface area contributed by atoms with E-state index >= 15 is 0 Å². The van der Waals surface area contributed by atoms with Gasteiger partial charge in [0.2, 0.25) is 0 Å². The van der Waals surface area contributed by atoms with Gasteiger partial charge in [0.1, 0.15) is 5.75 Å². The Kier molecular flexibility index (Phi) is 2.65. The van der Waals surface area contributed by atoms with E-state index in [-0.39, 0.29) is 12.0 Å². The Balaban J connectivity index is 2.47. The van der Waals surface area contributed by atoms with Gasteiger partial charge >= 0.3 is 5.69 Å². The van der Waals surface area contributed by atoms with Gasteiger partial charge in [0.15, 0.2) is 6.61 Å². The second-order valence-electron chi connectivity index (χ2n) is 3.37. The number of rotatable bonds is 3. The Morgan fingerprint density at radius 2 is 2.06 bits per heavy atom. The van der Waals surface area contributed by atoms with Gasteiger partial charge in [-0.2, -0.15) is 0 Å². The number of primary amides is 1. The zero-order valence-electron chi connectivity index (χ0n) is 8.65. The highest BCUT2D eigenvalue weighted by molar-refractivity contribution is 5.79. The number of aromatic amines is 2. The monoisotopic (exact) mass is 235 g/mol. The summed E-state index contributed by atoms with van der Waals surface area (Å²) >= 11 is 0. The van der Waals surface area contributed by atoms with Gasteiger partial charge in [-0.3, -0.25) is 14.6 Å². The van der Waals surface area contributed by atoms with Crippen LogP contribution in [0.3, 0.4) is 0 Å². The molecule has 1 aromatic heterocycles. The Bertz CT molecular complexity index is 686. The van der Waals surface area contributed by atoms with Crippen molar-refractivity contribution >= 4 is 16.8 Å². The van der Waals surface area contributed by atoms with Gasteiger partial charge < -0.3 is 15.5 Å². The maximum Gasteiger partial charge on any atom is 0.326 e. The Hall–Kier alpha value is -2.57. The highest BCUT2D eigenvalue weighted by atomic mass is 16.5. The van der Waals surface area contributed by atoms with Crippen LogP contribution in [0.1, 0.15) is 0 Å². The van der Waals surface area contributed by atoms with Crippen LogP contribution in [0.5, 0.6) is 5.75 Å². The molecular formula is C10H9N3O4. The summed E-state index contributed by atoms with van der Waals surface area (Å²) in [4.78, 5) is 37.6. The maximum atomic E-state index is 11.5. The molecule has 1 heterocycles. The Labute approximate surface area is 94.2 Å². The van der Waals surface area contributed by atoms with E-state index in [1.165, 1.54) is 18.2 Å². The lowest BCUT2D eigenvalue weighted by atomic mass is 10.2. The minimum atomic E-state index is -0.611. The molecule has 0 aliphatic heterocycles. The number of fused-ring (bicyclic) bond motifs is 1.